The number of carboxylic acid groups (broad SMARTS) is 1. The molecule has 0 aliphatic carbocycles. The highest BCUT2D eigenvalue weighted by atomic mass is 35.5. The fourth-order valence-electron chi connectivity index (χ4n) is 4.23. The van der Waals surface area contributed by atoms with Gasteiger partial charge in [0.1, 0.15) is 30.8 Å². The van der Waals surface area contributed by atoms with Crippen LogP contribution in [0.2, 0.25) is 10.0 Å². The zero-order valence-corrected chi connectivity index (χ0v) is 23.5. The summed E-state index contributed by atoms with van der Waals surface area (Å²) in [7, 11) is 0. The van der Waals surface area contributed by atoms with Crippen LogP contribution in [-0.4, -0.2) is 28.6 Å². The Balaban J connectivity index is 1.52. The van der Waals surface area contributed by atoms with E-state index in [1.165, 1.54) is 0 Å². The van der Waals surface area contributed by atoms with Crippen molar-refractivity contribution in [3.05, 3.63) is 129 Å². The molecule has 0 heterocycles. The minimum atomic E-state index is -1.02. The predicted molar refractivity (Wildman–Crippen MR) is 159 cm³/mol. The quantitative estimate of drug-likeness (QED) is 0.168. The SMILES string of the molecule is N[C@@H](CCN(Cc1ccccc1OCc1ccccc1Cl)Cc1ccccc1OCc1ccccc1Cl)C(=O)O. The van der Waals surface area contributed by atoms with E-state index in [0.29, 0.717) is 49.3 Å². The Labute approximate surface area is 244 Å². The summed E-state index contributed by atoms with van der Waals surface area (Å²) in [6.45, 7) is 2.16. The maximum Gasteiger partial charge on any atom is 0.320 e. The summed E-state index contributed by atoms with van der Waals surface area (Å²) in [4.78, 5) is 13.6. The second kappa shape index (κ2) is 14.7. The van der Waals surface area contributed by atoms with E-state index in [1.807, 2.05) is 97.1 Å². The first-order valence-corrected chi connectivity index (χ1v) is 13.7. The van der Waals surface area contributed by atoms with Crippen molar-refractivity contribution in [1.82, 2.24) is 4.90 Å². The molecule has 1 atom stereocenters. The Morgan fingerprint density at radius 1 is 0.700 bits per heavy atom. The van der Waals surface area contributed by atoms with Gasteiger partial charge in [0.2, 0.25) is 0 Å². The van der Waals surface area contributed by atoms with E-state index in [9.17, 15) is 9.90 Å². The normalized spacial score (nSPS) is 11.8. The Morgan fingerprint density at radius 3 is 1.52 bits per heavy atom. The second-order valence-electron chi connectivity index (χ2n) is 9.42. The van der Waals surface area contributed by atoms with E-state index in [4.69, 9.17) is 38.4 Å². The van der Waals surface area contributed by atoms with Gasteiger partial charge in [-0.1, -0.05) is 96.0 Å². The van der Waals surface area contributed by atoms with Crippen LogP contribution in [0.15, 0.2) is 97.1 Å². The van der Waals surface area contributed by atoms with E-state index in [2.05, 4.69) is 4.90 Å². The van der Waals surface area contributed by atoms with Crippen molar-refractivity contribution in [1.29, 1.82) is 0 Å². The molecule has 4 aromatic rings. The monoisotopic (exact) mass is 578 g/mol. The van der Waals surface area contributed by atoms with E-state index < -0.39 is 12.0 Å². The number of ether oxygens (including phenoxy) is 2. The third-order valence-corrected chi connectivity index (χ3v) is 7.23. The van der Waals surface area contributed by atoms with Crippen LogP contribution < -0.4 is 15.2 Å². The highest BCUT2D eigenvalue weighted by Crippen LogP contribution is 2.27. The fraction of sp³-hybridized carbons (Fsp3) is 0.219. The molecule has 0 saturated heterocycles. The number of hydrogen-bond donors (Lipinski definition) is 2. The smallest absolute Gasteiger partial charge is 0.320 e. The molecule has 0 saturated carbocycles. The van der Waals surface area contributed by atoms with Crippen molar-refractivity contribution in [2.24, 2.45) is 5.73 Å². The van der Waals surface area contributed by atoms with E-state index in [1.54, 1.807) is 0 Å². The Kier molecular flexibility index (Phi) is 10.8. The average Bonchev–Trinajstić information content (AvgIpc) is 2.96. The molecule has 0 spiro atoms. The molecule has 0 radical (unpaired) electrons. The summed E-state index contributed by atoms with van der Waals surface area (Å²) in [6, 6.07) is 29.8. The highest BCUT2D eigenvalue weighted by molar-refractivity contribution is 6.31. The Bertz CT molecular complexity index is 1320. The largest absolute Gasteiger partial charge is 0.489 e. The number of carboxylic acids is 1. The zero-order chi connectivity index (χ0) is 28.3. The minimum Gasteiger partial charge on any atom is -0.489 e. The van der Waals surface area contributed by atoms with Gasteiger partial charge in [0.25, 0.3) is 0 Å². The van der Waals surface area contributed by atoms with Crippen molar-refractivity contribution in [3.8, 4) is 11.5 Å². The standard InChI is InChI=1S/C32H32Cl2N2O4/c33-27-13-5-1-11-25(27)21-39-30-15-7-3-9-23(30)19-36(18-17-29(35)32(37)38)20-24-10-4-8-16-31(24)40-22-26-12-2-6-14-28(26)34/h1-16,29H,17-22,35H2,(H,37,38)/t29-/m0/s1. The lowest BCUT2D eigenvalue weighted by Gasteiger charge is -2.25. The van der Waals surface area contributed by atoms with Gasteiger partial charge in [0, 0.05) is 51.9 Å². The van der Waals surface area contributed by atoms with Gasteiger partial charge >= 0.3 is 5.97 Å². The number of nitrogens with zero attached hydrogens (tertiary/aromatic N) is 1. The molecule has 0 bridgehead atoms. The molecular formula is C32H32Cl2N2O4. The molecule has 208 valence electrons. The molecular weight excluding hydrogens is 547 g/mol. The van der Waals surface area contributed by atoms with Gasteiger partial charge in [-0.3, -0.25) is 9.69 Å². The third-order valence-electron chi connectivity index (χ3n) is 6.49. The molecule has 0 fully saturated rings. The van der Waals surface area contributed by atoms with E-state index in [-0.39, 0.29) is 0 Å². The minimum absolute atomic E-state index is 0.292. The zero-order valence-electron chi connectivity index (χ0n) is 22.0. The van der Waals surface area contributed by atoms with Gasteiger partial charge < -0.3 is 20.3 Å². The summed E-state index contributed by atoms with van der Waals surface area (Å²) < 4.78 is 12.3. The van der Waals surface area contributed by atoms with Crippen LogP contribution in [0.4, 0.5) is 0 Å². The average molecular weight is 580 g/mol. The van der Waals surface area contributed by atoms with Crippen LogP contribution in [0.1, 0.15) is 28.7 Å². The lowest BCUT2D eigenvalue weighted by atomic mass is 10.1. The Hall–Kier alpha value is -3.55. The van der Waals surface area contributed by atoms with Crippen LogP contribution in [0.25, 0.3) is 0 Å². The van der Waals surface area contributed by atoms with Gasteiger partial charge in [0.15, 0.2) is 0 Å². The van der Waals surface area contributed by atoms with Crippen molar-refractivity contribution in [3.63, 3.8) is 0 Å². The number of rotatable bonds is 14. The summed E-state index contributed by atoms with van der Waals surface area (Å²) >= 11 is 12.6. The van der Waals surface area contributed by atoms with Crippen molar-refractivity contribution in [2.45, 2.75) is 38.8 Å². The van der Waals surface area contributed by atoms with Crippen LogP contribution in [-0.2, 0) is 31.1 Å². The van der Waals surface area contributed by atoms with E-state index >= 15 is 0 Å². The second-order valence-corrected chi connectivity index (χ2v) is 10.2. The van der Waals surface area contributed by atoms with Crippen LogP contribution in [0.5, 0.6) is 11.5 Å². The van der Waals surface area contributed by atoms with Crippen molar-refractivity contribution >= 4 is 29.2 Å². The Morgan fingerprint density at radius 2 is 1.10 bits per heavy atom. The maximum absolute atomic E-state index is 11.4. The molecule has 8 heteroatoms. The summed E-state index contributed by atoms with van der Waals surface area (Å²) in [5, 5.41) is 10.7. The topological polar surface area (TPSA) is 85.0 Å². The van der Waals surface area contributed by atoms with Gasteiger partial charge in [-0.15, -0.1) is 0 Å². The first-order valence-electron chi connectivity index (χ1n) is 13.0. The third kappa shape index (κ3) is 8.47. The highest BCUT2D eigenvalue weighted by Gasteiger charge is 2.18. The maximum atomic E-state index is 11.4. The van der Waals surface area contributed by atoms with Gasteiger partial charge in [-0.25, -0.2) is 0 Å². The van der Waals surface area contributed by atoms with Crippen LogP contribution in [0, 0.1) is 0 Å². The molecule has 40 heavy (non-hydrogen) atoms. The molecule has 4 aromatic carbocycles. The summed E-state index contributed by atoms with van der Waals surface area (Å²) in [5.74, 6) is 0.448. The number of benzene rings is 4. The summed E-state index contributed by atoms with van der Waals surface area (Å²) in [5.41, 5.74) is 9.59. The number of aliphatic carboxylic acids is 1. The number of hydrogen-bond acceptors (Lipinski definition) is 5. The molecule has 6 nitrogen and oxygen atoms in total. The van der Waals surface area contributed by atoms with Gasteiger partial charge in [-0.05, 0) is 30.7 Å². The van der Waals surface area contributed by atoms with Crippen molar-refractivity contribution in [2.75, 3.05) is 6.54 Å². The first-order chi connectivity index (χ1) is 19.4. The van der Waals surface area contributed by atoms with Crippen LogP contribution >= 0.6 is 23.2 Å². The molecule has 4 rings (SSSR count). The van der Waals surface area contributed by atoms with Gasteiger partial charge in [-0.2, -0.15) is 0 Å². The molecule has 0 unspecified atom stereocenters. The number of nitrogens with two attached hydrogens (primary N) is 1. The summed E-state index contributed by atoms with van der Waals surface area (Å²) in [6.07, 6.45) is 0.292. The van der Waals surface area contributed by atoms with Crippen LogP contribution in [0.3, 0.4) is 0 Å². The van der Waals surface area contributed by atoms with Gasteiger partial charge in [0.05, 0.1) is 0 Å². The predicted octanol–water partition coefficient (Wildman–Crippen LogP) is 6.96. The molecule has 0 amide bonds. The number of carbonyl (C=O) groups is 1. The molecule has 3 N–H and O–H groups in total. The lowest BCUT2D eigenvalue weighted by molar-refractivity contribution is -0.138. The molecule has 0 aliphatic heterocycles. The number of halogens is 2. The molecule has 0 aromatic heterocycles. The number of para-hydroxylation sites is 2. The van der Waals surface area contributed by atoms with E-state index in [0.717, 1.165) is 33.8 Å². The van der Waals surface area contributed by atoms with Crippen molar-refractivity contribution < 1.29 is 19.4 Å². The lowest BCUT2D eigenvalue weighted by Crippen LogP contribution is -2.35. The first kappa shape index (κ1) is 29.4. The fourth-order valence-corrected chi connectivity index (χ4v) is 4.61. The molecule has 0 aliphatic rings.